The van der Waals surface area contributed by atoms with E-state index in [9.17, 15) is 4.79 Å². The van der Waals surface area contributed by atoms with E-state index in [4.69, 9.17) is 10.5 Å². The summed E-state index contributed by atoms with van der Waals surface area (Å²) in [6, 6.07) is 9.50. The average molecular weight is 236 g/mol. The zero-order valence-electron chi connectivity index (χ0n) is 10.3. The summed E-state index contributed by atoms with van der Waals surface area (Å²) in [7, 11) is 1.63. The lowest BCUT2D eigenvalue weighted by Crippen LogP contribution is -2.45. The number of rotatable bonds is 7. The van der Waals surface area contributed by atoms with Crippen molar-refractivity contribution in [1.29, 1.82) is 0 Å². The second-order valence-corrected chi connectivity index (χ2v) is 4.03. The molecule has 0 spiro atoms. The minimum Gasteiger partial charge on any atom is -0.383 e. The second kappa shape index (κ2) is 7.04. The number of ether oxygens (including phenoxy) is 1. The Morgan fingerprint density at radius 2 is 2.06 bits per heavy atom. The highest BCUT2D eigenvalue weighted by molar-refractivity contribution is 5.81. The van der Waals surface area contributed by atoms with E-state index in [2.05, 4.69) is 5.32 Å². The Labute approximate surface area is 102 Å². The van der Waals surface area contributed by atoms with Crippen molar-refractivity contribution in [3.05, 3.63) is 35.9 Å². The van der Waals surface area contributed by atoms with Crippen LogP contribution < -0.4 is 11.1 Å². The number of carbonyl (C=O) groups excluding carboxylic acids is 1. The summed E-state index contributed by atoms with van der Waals surface area (Å²) >= 11 is 0. The van der Waals surface area contributed by atoms with Gasteiger partial charge in [0.1, 0.15) is 0 Å². The lowest BCUT2D eigenvalue weighted by Gasteiger charge is -2.22. The van der Waals surface area contributed by atoms with Crippen LogP contribution in [0.2, 0.25) is 0 Å². The molecule has 2 atom stereocenters. The quantitative estimate of drug-likeness (QED) is 0.691. The fourth-order valence-electron chi connectivity index (χ4n) is 1.79. The van der Waals surface area contributed by atoms with Crippen molar-refractivity contribution in [2.45, 2.75) is 18.9 Å². The number of hydrogen-bond acceptors (Lipinski definition) is 3. The Bertz CT molecular complexity index is 341. The normalized spacial score (nSPS) is 14.2. The van der Waals surface area contributed by atoms with Crippen LogP contribution in [-0.2, 0) is 9.53 Å². The van der Waals surface area contributed by atoms with E-state index >= 15 is 0 Å². The second-order valence-electron chi connectivity index (χ2n) is 4.03. The largest absolute Gasteiger partial charge is 0.383 e. The maximum Gasteiger partial charge on any atom is 0.235 e. The molecule has 0 saturated heterocycles. The van der Waals surface area contributed by atoms with Gasteiger partial charge in [-0.3, -0.25) is 4.79 Å². The standard InChI is InChI=1S/C13H20N2O2/c1-10(11-6-4-3-5-7-11)12(13(14)16)15-8-9-17-2/h3-7,10,12,15H,8-9H2,1-2H3,(H2,14,16). The lowest BCUT2D eigenvalue weighted by atomic mass is 9.93. The Hall–Kier alpha value is -1.39. The molecular formula is C13H20N2O2. The summed E-state index contributed by atoms with van der Waals surface area (Å²) < 4.78 is 4.94. The molecule has 1 aromatic rings. The van der Waals surface area contributed by atoms with Crippen LogP contribution in [0.25, 0.3) is 0 Å². The maximum absolute atomic E-state index is 11.4. The SMILES string of the molecule is COCCNC(C(N)=O)C(C)c1ccccc1. The van der Waals surface area contributed by atoms with Gasteiger partial charge in [0.25, 0.3) is 0 Å². The van der Waals surface area contributed by atoms with Crippen molar-refractivity contribution in [1.82, 2.24) is 5.32 Å². The molecule has 0 fully saturated rings. The molecule has 2 unspecified atom stereocenters. The summed E-state index contributed by atoms with van der Waals surface area (Å²) in [6.07, 6.45) is 0. The van der Waals surface area contributed by atoms with Crippen LogP contribution in [0.3, 0.4) is 0 Å². The van der Waals surface area contributed by atoms with E-state index in [0.717, 1.165) is 5.56 Å². The van der Waals surface area contributed by atoms with Crippen LogP contribution in [0.1, 0.15) is 18.4 Å². The van der Waals surface area contributed by atoms with Crippen LogP contribution in [0.15, 0.2) is 30.3 Å². The monoisotopic (exact) mass is 236 g/mol. The van der Waals surface area contributed by atoms with Gasteiger partial charge in [-0.15, -0.1) is 0 Å². The highest BCUT2D eigenvalue weighted by atomic mass is 16.5. The summed E-state index contributed by atoms with van der Waals surface area (Å²) in [5, 5.41) is 3.12. The number of methoxy groups -OCH3 is 1. The summed E-state index contributed by atoms with van der Waals surface area (Å²) in [5.74, 6) is -0.289. The van der Waals surface area contributed by atoms with E-state index in [0.29, 0.717) is 13.2 Å². The maximum atomic E-state index is 11.4. The van der Waals surface area contributed by atoms with E-state index in [-0.39, 0.29) is 17.9 Å². The predicted octanol–water partition coefficient (Wildman–Crippen LogP) is 0.880. The van der Waals surface area contributed by atoms with Crippen molar-refractivity contribution in [2.24, 2.45) is 5.73 Å². The third kappa shape index (κ3) is 4.17. The summed E-state index contributed by atoms with van der Waals surface area (Å²) in [6.45, 7) is 3.16. The van der Waals surface area contributed by atoms with Crippen molar-refractivity contribution in [3.8, 4) is 0 Å². The Morgan fingerprint density at radius 1 is 1.41 bits per heavy atom. The molecule has 17 heavy (non-hydrogen) atoms. The average Bonchev–Trinajstić information content (AvgIpc) is 2.34. The van der Waals surface area contributed by atoms with E-state index in [1.165, 1.54) is 0 Å². The molecule has 0 bridgehead atoms. The predicted molar refractivity (Wildman–Crippen MR) is 67.7 cm³/mol. The Morgan fingerprint density at radius 3 is 2.59 bits per heavy atom. The molecule has 0 radical (unpaired) electrons. The molecule has 0 aliphatic heterocycles. The first-order valence-corrected chi connectivity index (χ1v) is 5.73. The summed E-state index contributed by atoms with van der Waals surface area (Å²) in [4.78, 5) is 11.4. The Balaban J connectivity index is 2.67. The number of amides is 1. The van der Waals surface area contributed by atoms with Gasteiger partial charge in [0.15, 0.2) is 0 Å². The van der Waals surface area contributed by atoms with Crippen LogP contribution in [0, 0.1) is 0 Å². The third-order valence-corrected chi connectivity index (χ3v) is 2.80. The zero-order chi connectivity index (χ0) is 12.7. The van der Waals surface area contributed by atoms with Crippen molar-refractivity contribution < 1.29 is 9.53 Å². The number of nitrogens with two attached hydrogens (primary N) is 1. The molecule has 4 heteroatoms. The number of carbonyl (C=O) groups is 1. The smallest absolute Gasteiger partial charge is 0.235 e. The highest BCUT2D eigenvalue weighted by Gasteiger charge is 2.23. The molecule has 1 rings (SSSR count). The number of primary amides is 1. The number of benzene rings is 1. The molecule has 1 aromatic carbocycles. The fourth-order valence-corrected chi connectivity index (χ4v) is 1.79. The lowest BCUT2D eigenvalue weighted by molar-refractivity contribution is -0.120. The van der Waals surface area contributed by atoms with Crippen molar-refractivity contribution in [2.75, 3.05) is 20.3 Å². The fraction of sp³-hybridized carbons (Fsp3) is 0.462. The van der Waals surface area contributed by atoms with Crippen LogP contribution in [0.4, 0.5) is 0 Å². The van der Waals surface area contributed by atoms with E-state index in [1.807, 2.05) is 37.3 Å². The minimum absolute atomic E-state index is 0.0468. The third-order valence-electron chi connectivity index (χ3n) is 2.80. The molecule has 0 aliphatic rings. The van der Waals surface area contributed by atoms with Crippen molar-refractivity contribution >= 4 is 5.91 Å². The van der Waals surface area contributed by atoms with Gasteiger partial charge < -0.3 is 15.8 Å². The van der Waals surface area contributed by atoms with Gasteiger partial charge in [-0.2, -0.15) is 0 Å². The van der Waals surface area contributed by atoms with E-state index < -0.39 is 0 Å². The highest BCUT2D eigenvalue weighted by Crippen LogP contribution is 2.18. The number of hydrogen-bond donors (Lipinski definition) is 2. The van der Waals surface area contributed by atoms with E-state index in [1.54, 1.807) is 7.11 Å². The summed E-state index contributed by atoms with van der Waals surface area (Å²) in [5.41, 5.74) is 6.51. The molecule has 0 aliphatic carbocycles. The molecule has 1 amide bonds. The number of nitrogens with one attached hydrogen (secondary N) is 1. The van der Waals surface area contributed by atoms with Crippen LogP contribution in [0.5, 0.6) is 0 Å². The molecular weight excluding hydrogens is 216 g/mol. The van der Waals surface area contributed by atoms with Gasteiger partial charge in [-0.1, -0.05) is 37.3 Å². The molecule has 0 heterocycles. The van der Waals surface area contributed by atoms with Crippen molar-refractivity contribution in [3.63, 3.8) is 0 Å². The minimum atomic E-state index is -0.368. The zero-order valence-corrected chi connectivity index (χ0v) is 10.3. The molecule has 4 nitrogen and oxygen atoms in total. The van der Waals surface area contributed by atoms with Crippen LogP contribution in [-0.4, -0.2) is 32.2 Å². The van der Waals surface area contributed by atoms with Gasteiger partial charge in [0.05, 0.1) is 12.6 Å². The first-order valence-electron chi connectivity index (χ1n) is 5.73. The molecule has 0 saturated carbocycles. The van der Waals surface area contributed by atoms with Gasteiger partial charge in [-0.05, 0) is 5.56 Å². The van der Waals surface area contributed by atoms with Gasteiger partial charge in [0.2, 0.25) is 5.91 Å². The first kappa shape index (κ1) is 13.7. The molecule has 3 N–H and O–H groups in total. The van der Waals surface area contributed by atoms with Gasteiger partial charge in [0, 0.05) is 19.6 Å². The first-order chi connectivity index (χ1) is 8.16. The molecule has 94 valence electrons. The Kier molecular flexibility index (Phi) is 5.66. The van der Waals surface area contributed by atoms with Crippen LogP contribution >= 0.6 is 0 Å². The topological polar surface area (TPSA) is 64.3 Å². The van der Waals surface area contributed by atoms with Gasteiger partial charge >= 0.3 is 0 Å². The van der Waals surface area contributed by atoms with Gasteiger partial charge in [-0.25, -0.2) is 0 Å². The molecule has 0 aromatic heterocycles.